The van der Waals surface area contributed by atoms with E-state index < -0.39 is 6.04 Å². The van der Waals surface area contributed by atoms with Crippen LogP contribution in [0.15, 0.2) is 0 Å². The van der Waals surface area contributed by atoms with E-state index in [1.165, 1.54) is 6.42 Å². The lowest BCUT2D eigenvalue weighted by atomic mass is 9.58. The fourth-order valence-corrected chi connectivity index (χ4v) is 4.13. The van der Waals surface area contributed by atoms with E-state index in [2.05, 4.69) is 19.9 Å². The standard InChI is InChI=1S/C15H23N3O/c1-9(2)15(4-3-5-15)13(17)14(19)18-11(8-16)6-10-7-12(10)18/h9-13H,3-7,17H2,1-2H3. The van der Waals surface area contributed by atoms with Gasteiger partial charge in [-0.1, -0.05) is 20.3 Å². The van der Waals surface area contributed by atoms with Crippen molar-refractivity contribution >= 4 is 5.91 Å². The molecule has 0 aromatic carbocycles. The monoisotopic (exact) mass is 261 g/mol. The van der Waals surface area contributed by atoms with E-state index in [-0.39, 0.29) is 17.4 Å². The topological polar surface area (TPSA) is 70.1 Å². The van der Waals surface area contributed by atoms with Crippen LogP contribution in [-0.2, 0) is 4.79 Å². The average molecular weight is 261 g/mol. The molecule has 104 valence electrons. The quantitative estimate of drug-likeness (QED) is 0.839. The second kappa shape index (κ2) is 4.21. The molecule has 19 heavy (non-hydrogen) atoms. The number of amides is 1. The van der Waals surface area contributed by atoms with Gasteiger partial charge in [-0.15, -0.1) is 0 Å². The Balaban J connectivity index is 1.78. The van der Waals surface area contributed by atoms with Crippen LogP contribution in [0.25, 0.3) is 0 Å². The molecule has 1 heterocycles. The first-order chi connectivity index (χ1) is 9.01. The van der Waals surface area contributed by atoms with Crippen LogP contribution in [0.5, 0.6) is 0 Å². The smallest absolute Gasteiger partial charge is 0.241 e. The van der Waals surface area contributed by atoms with Crippen LogP contribution in [-0.4, -0.2) is 28.9 Å². The molecule has 1 saturated heterocycles. The molecule has 4 atom stereocenters. The lowest BCUT2D eigenvalue weighted by Crippen LogP contribution is -2.59. The molecule has 3 fully saturated rings. The number of nitriles is 1. The van der Waals surface area contributed by atoms with Crippen molar-refractivity contribution in [3.63, 3.8) is 0 Å². The van der Waals surface area contributed by atoms with Gasteiger partial charge in [0.1, 0.15) is 6.04 Å². The molecular formula is C15H23N3O. The fraction of sp³-hybridized carbons (Fsp3) is 0.867. The summed E-state index contributed by atoms with van der Waals surface area (Å²) in [6.45, 7) is 4.33. The minimum absolute atomic E-state index is 0.0237. The van der Waals surface area contributed by atoms with Gasteiger partial charge in [-0.3, -0.25) is 4.79 Å². The zero-order chi connectivity index (χ0) is 13.8. The van der Waals surface area contributed by atoms with Gasteiger partial charge in [-0.05, 0) is 42.9 Å². The molecule has 0 radical (unpaired) electrons. The summed E-state index contributed by atoms with van der Waals surface area (Å²) >= 11 is 0. The van der Waals surface area contributed by atoms with E-state index in [4.69, 9.17) is 5.73 Å². The van der Waals surface area contributed by atoms with Gasteiger partial charge in [-0.25, -0.2) is 0 Å². The molecule has 1 aliphatic heterocycles. The molecule has 3 rings (SSSR count). The van der Waals surface area contributed by atoms with Crippen molar-refractivity contribution in [1.29, 1.82) is 5.26 Å². The molecular weight excluding hydrogens is 238 g/mol. The molecule has 0 aromatic rings. The first-order valence-electron chi connectivity index (χ1n) is 7.48. The number of nitrogens with zero attached hydrogens (tertiary/aromatic N) is 2. The predicted octanol–water partition coefficient (Wildman–Crippen LogP) is 1.65. The maximum Gasteiger partial charge on any atom is 0.241 e. The Kier molecular flexibility index (Phi) is 2.86. The summed E-state index contributed by atoms with van der Waals surface area (Å²) in [5.74, 6) is 1.03. The van der Waals surface area contributed by atoms with Crippen LogP contribution in [0, 0.1) is 28.6 Å². The predicted molar refractivity (Wildman–Crippen MR) is 71.9 cm³/mol. The molecule has 0 spiro atoms. The van der Waals surface area contributed by atoms with Crippen LogP contribution >= 0.6 is 0 Å². The van der Waals surface area contributed by atoms with E-state index in [0.29, 0.717) is 17.9 Å². The minimum atomic E-state index is -0.420. The first-order valence-corrected chi connectivity index (χ1v) is 7.48. The number of likely N-dealkylation sites (tertiary alicyclic amines) is 1. The van der Waals surface area contributed by atoms with Gasteiger partial charge < -0.3 is 10.6 Å². The Bertz CT molecular complexity index is 435. The Morgan fingerprint density at radius 2 is 2.11 bits per heavy atom. The number of fused-ring (bicyclic) bond motifs is 1. The average Bonchev–Trinajstić information content (AvgIpc) is 2.97. The van der Waals surface area contributed by atoms with Crippen LogP contribution in [0.2, 0.25) is 0 Å². The summed E-state index contributed by atoms with van der Waals surface area (Å²) in [6, 6.07) is 1.94. The lowest BCUT2D eigenvalue weighted by molar-refractivity contribution is -0.140. The van der Waals surface area contributed by atoms with Crippen LogP contribution in [0.3, 0.4) is 0 Å². The highest BCUT2D eigenvalue weighted by molar-refractivity contribution is 5.84. The van der Waals surface area contributed by atoms with Crippen molar-refractivity contribution in [3.8, 4) is 6.07 Å². The Hall–Kier alpha value is -1.08. The molecule has 2 N–H and O–H groups in total. The van der Waals surface area contributed by atoms with Gasteiger partial charge in [0, 0.05) is 6.04 Å². The molecule has 0 bridgehead atoms. The third-order valence-electron chi connectivity index (χ3n) is 5.83. The van der Waals surface area contributed by atoms with Crippen LogP contribution in [0.1, 0.15) is 46.0 Å². The van der Waals surface area contributed by atoms with Gasteiger partial charge in [0.25, 0.3) is 0 Å². The van der Waals surface area contributed by atoms with Crippen LogP contribution < -0.4 is 5.73 Å². The molecule has 4 heteroatoms. The van der Waals surface area contributed by atoms with Crippen molar-refractivity contribution in [2.24, 2.45) is 23.0 Å². The van der Waals surface area contributed by atoms with E-state index in [1.54, 1.807) is 0 Å². The Morgan fingerprint density at radius 3 is 2.58 bits per heavy atom. The van der Waals surface area contributed by atoms with E-state index in [0.717, 1.165) is 25.7 Å². The highest BCUT2D eigenvalue weighted by Crippen LogP contribution is 2.52. The third-order valence-corrected chi connectivity index (χ3v) is 5.83. The maximum atomic E-state index is 12.7. The highest BCUT2D eigenvalue weighted by Gasteiger charge is 2.57. The number of hydrogen-bond donors (Lipinski definition) is 1. The van der Waals surface area contributed by atoms with Gasteiger partial charge >= 0.3 is 0 Å². The minimum Gasteiger partial charge on any atom is -0.322 e. The molecule has 2 aliphatic carbocycles. The third kappa shape index (κ3) is 1.71. The molecule has 4 nitrogen and oxygen atoms in total. The number of hydrogen-bond acceptors (Lipinski definition) is 3. The van der Waals surface area contributed by atoms with Gasteiger partial charge in [0.05, 0.1) is 12.1 Å². The Labute approximate surface area is 114 Å². The van der Waals surface area contributed by atoms with Gasteiger partial charge in [-0.2, -0.15) is 5.26 Å². The van der Waals surface area contributed by atoms with E-state index in [1.807, 2.05) is 4.90 Å². The van der Waals surface area contributed by atoms with Crippen molar-refractivity contribution < 1.29 is 4.79 Å². The summed E-state index contributed by atoms with van der Waals surface area (Å²) in [5.41, 5.74) is 6.31. The largest absolute Gasteiger partial charge is 0.322 e. The lowest BCUT2D eigenvalue weighted by Gasteiger charge is -2.50. The van der Waals surface area contributed by atoms with Gasteiger partial charge in [0.15, 0.2) is 0 Å². The van der Waals surface area contributed by atoms with Crippen molar-refractivity contribution in [2.45, 2.75) is 64.1 Å². The summed E-state index contributed by atoms with van der Waals surface area (Å²) in [5, 5.41) is 9.20. The number of rotatable bonds is 3. The summed E-state index contributed by atoms with van der Waals surface area (Å²) in [4.78, 5) is 14.6. The van der Waals surface area contributed by atoms with Crippen LogP contribution in [0.4, 0.5) is 0 Å². The van der Waals surface area contributed by atoms with Crippen molar-refractivity contribution in [2.75, 3.05) is 0 Å². The summed E-state index contributed by atoms with van der Waals surface area (Å²) < 4.78 is 0. The normalized spacial score (nSPS) is 36.4. The zero-order valence-corrected chi connectivity index (χ0v) is 11.8. The fourth-order valence-electron chi connectivity index (χ4n) is 4.13. The number of carbonyl (C=O) groups is 1. The molecule has 0 aromatic heterocycles. The molecule has 4 unspecified atom stereocenters. The van der Waals surface area contributed by atoms with Gasteiger partial charge in [0.2, 0.25) is 5.91 Å². The number of carbonyl (C=O) groups excluding carboxylic acids is 1. The van der Waals surface area contributed by atoms with E-state index in [9.17, 15) is 10.1 Å². The zero-order valence-electron chi connectivity index (χ0n) is 11.8. The second-order valence-electron chi connectivity index (χ2n) is 6.91. The Morgan fingerprint density at radius 1 is 1.42 bits per heavy atom. The maximum absolute atomic E-state index is 12.7. The summed E-state index contributed by atoms with van der Waals surface area (Å²) in [7, 11) is 0. The highest BCUT2D eigenvalue weighted by atomic mass is 16.2. The first kappa shape index (κ1) is 12.9. The van der Waals surface area contributed by atoms with E-state index >= 15 is 0 Å². The number of nitrogens with two attached hydrogens (primary N) is 1. The summed E-state index contributed by atoms with van der Waals surface area (Å²) in [6.07, 6.45) is 5.21. The molecule has 2 saturated carbocycles. The van der Waals surface area contributed by atoms with Crippen molar-refractivity contribution in [1.82, 2.24) is 4.90 Å². The second-order valence-corrected chi connectivity index (χ2v) is 6.91. The molecule has 3 aliphatic rings. The van der Waals surface area contributed by atoms with Crippen molar-refractivity contribution in [3.05, 3.63) is 0 Å². The molecule has 1 amide bonds. The number of piperidine rings is 1. The SMILES string of the molecule is CC(C)C1(C(N)C(=O)N2C(C#N)CC3CC32)CCC1.